The molecule has 2 rings (SSSR count). The predicted molar refractivity (Wildman–Crippen MR) is 68.3 cm³/mol. The average Bonchev–Trinajstić information content (AvgIpc) is 2.59. The monoisotopic (exact) mass is 240 g/mol. The summed E-state index contributed by atoms with van der Waals surface area (Å²) in [7, 11) is 2.05. The van der Waals surface area contributed by atoms with Crippen molar-refractivity contribution in [3.05, 3.63) is 10.6 Å². The van der Waals surface area contributed by atoms with Gasteiger partial charge in [-0.2, -0.15) is 0 Å². The van der Waals surface area contributed by atoms with Crippen LogP contribution in [-0.2, 0) is 0 Å². The fourth-order valence-electron chi connectivity index (χ4n) is 2.29. The third-order valence-electron chi connectivity index (χ3n) is 3.51. The first-order valence-corrected chi connectivity index (χ1v) is 6.76. The molecule has 0 bridgehead atoms. The molecular weight excluding hydrogens is 220 g/mol. The van der Waals surface area contributed by atoms with Crippen molar-refractivity contribution < 1.29 is 5.11 Å². The molecular formula is C12H20N2OS. The summed E-state index contributed by atoms with van der Waals surface area (Å²) < 4.78 is 0. The highest BCUT2D eigenvalue weighted by atomic mass is 32.1. The SMILES string of the molecule is Cc1nc(N(C)C2CCCCC2O)sc1C. The van der Waals surface area contributed by atoms with Gasteiger partial charge < -0.3 is 10.0 Å². The summed E-state index contributed by atoms with van der Waals surface area (Å²) in [4.78, 5) is 7.98. The highest BCUT2D eigenvalue weighted by Gasteiger charge is 2.28. The fourth-order valence-corrected chi connectivity index (χ4v) is 3.22. The Morgan fingerprint density at radius 3 is 2.56 bits per heavy atom. The molecule has 0 saturated heterocycles. The van der Waals surface area contributed by atoms with Crippen molar-refractivity contribution in [3.8, 4) is 0 Å². The molecule has 0 aliphatic heterocycles. The molecule has 2 unspecified atom stereocenters. The average molecular weight is 240 g/mol. The summed E-state index contributed by atoms with van der Waals surface area (Å²) in [5, 5.41) is 11.1. The number of aromatic nitrogens is 1. The molecule has 1 aromatic heterocycles. The minimum Gasteiger partial charge on any atom is -0.391 e. The van der Waals surface area contributed by atoms with E-state index in [9.17, 15) is 5.11 Å². The van der Waals surface area contributed by atoms with Gasteiger partial charge in [0.05, 0.1) is 17.8 Å². The number of aliphatic hydroxyl groups excluding tert-OH is 1. The lowest BCUT2D eigenvalue weighted by Crippen LogP contribution is -2.43. The second-order valence-electron chi connectivity index (χ2n) is 4.67. The normalized spacial score (nSPS) is 25.8. The summed E-state index contributed by atoms with van der Waals surface area (Å²) in [6.45, 7) is 4.14. The molecule has 0 amide bonds. The van der Waals surface area contributed by atoms with Crippen LogP contribution in [0.2, 0.25) is 0 Å². The van der Waals surface area contributed by atoms with Crippen molar-refractivity contribution in [2.45, 2.75) is 51.7 Å². The molecule has 0 aromatic carbocycles. The smallest absolute Gasteiger partial charge is 0.185 e. The van der Waals surface area contributed by atoms with Crippen LogP contribution in [0.25, 0.3) is 0 Å². The molecule has 2 atom stereocenters. The number of rotatable bonds is 2. The molecule has 1 aliphatic carbocycles. The quantitative estimate of drug-likeness (QED) is 0.863. The topological polar surface area (TPSA) is 36.4 Å². The van der Waals surface area contributed by atoms with Gasteiger partial charge in [0.1, 0.15) is 0 Å². The van der Waals surface area contributed by atoms with E-state index in [1.54, 1.807) is 11.3 Å². The van der Waals surface area contributed by atoms with Crippen LogP contribution in [0.4, 0.5) is 5.13 Å². The van der Waals surface area contributed by atoms with Crippen LogP contribution in [0.1, 0.15) is 36.3 Å². The molecule has 1 aromatic rings. The highest BCUT2D eigenvalue weighted by molar-refractivity contribution is 7.15. The van der Waals surface area contributed by atoms with Gasteiger partial charge in [-0.3, -0.25) is 0 Å². The molecule has 1 heterocycles. The van der Waals surface area contributed by atoms with Crippen LogP contribution < -0.4 is 4.90 Å². The number of anilines is 1. The second kappa shape index (κ2) is 4.72. The van der Waals surface area contributed by atoms with Gasteiger partial charge in [0.25, 0.3) is 0 Å². The van der Waals surface area contributed by atoms with E-state index in [2.05, 4.69) is 23.9 Å². The molecule has 1 saturated carbocycles. The van der Waals surface area contributed by atoms with Crippen molar-refractivity contribution >= 4 is 16.5 Å². The maximum atomic E-state index is 10.0. The minimum absolute atomic E-state index is 0.191. The summed E-state index contributed by atoms with van der Waals surface area (Å²) in [6.07, 6.45) is 4.19. The van der Waals surface area contributed by atoms with Gasteiger partial charge in [0.2, 0.25) is 0 Å². The van der Waals surface area contributed by atoms with E-state index in [-0.39, 0.29) is 12.1 Å². The number of hydrogen-bond acceptors (Lipinski definition) is 4. The van der Waals surface area contributed by atoms with E-state index in [4.69, 9.17) is 0 Å². The number of nitrogens with zero attached hydrogens (tertiary/aromatic N) is 2. The summed E-state index contributed by atoms with van der Waals surface area (Å²) in [5.74, 6) is 0. The van der Waals surface area contributed by atoms with Gasteiger partial charge in [-0.25, -0.2) is 4.98 Å². The summed E-state index contributed by atoms with van der Waals surface area (Å²) >= 11 is 1.72. The summed E-state index contributed by atoms with van der Waals surface area (Å²) in [6, 6.07) is 0.249. The third kappa shape index (κ3) is 2.23. The Labute approximate surface area is 101 Å². The van der Waals surface area contributed by atoms with Crippen molar-refractivity contribution in [2.75, 3.05) is 11.9 Å². The van der Waals surface area contributed by atoms with E-state index in [1.807, 2.05) is 6.92 Å². The van der Waals surface area contributed by atoms with Crippen LogP contribution in [-0.4, -0.2) is 29.3 Å². The Hall–Kier alpha value is -0.610. The van der Waals surface area contributed by atoms with Gasteiger partial charge >= 0.3 is 0 Å². The van der Waals surface area contributed by atoms with E-state index in [0.717, 1.165) is 30.1 Å². The lowest BCUT2D eigenvalue weighted by molar-refractivity contribution is 0.106. The molecule has 0 spiro atoms. The Kier molecular flexibility index (Phi) is 3.50. The standard InChI is InChI=1S/C12H20N2OS/c1-8-9(2)16-12(13-8)14(3)10-6-4-5-7-11(10)15/h10-11,15H,4-7H2,1-3H3. The fraction of sp³-hybridized carbons (Fsp3) is 0.750. The van der Waals surface area contributed by atoms with Gasteiger partial charge in [-0.05, 0) is 26.7 Å². The van der Waals surface area contributed by atoms with Crippen LogP contribution in [0.3, 0.4) is 0 Å². The third-order valence-corrected chi connectivity index (χ3v) is 4.67. The Bertz CT molecular complexity index is 344. The van der Waals surface area contributed by atoms with Crippen LogP contribution >= 0.6 is 11.3 Å². The predicted octanol–water partition coefficient (Wildman–Crippen LogP) is 2.50. The summed E-state index contributed by atoms with van der Waals surface area (Å²) in [5.41, 5.74) is 1.11. The molecule has 1 aliphatic rings. The van der Waals surface area contributed by atoms with Crippen molar-refractivity contribution in [1.82, 2.24) is 4.98 Å². The van der Waals surface area contributed by atoms with Crippen molar-refractivity contribution in [3.63, 3.8) is 0 Å². The molecule has 4 heteroatoms. The Morgan fingerprint density at radius 2 is 2.00 bits per heavy atom. The van der Waals surface area contributed by atoms with Crippen LogP contribution in [0.15, 0.2) is 0 Å². The van der Waals surface area contributed by atoms with E-state index >= 15 is 0 Å². The van der Waals surface area contributed by atoms with E-state index < -0.39 is 0 Å². The Morgan fingerprint density at radius 1 is 1.31 bits per heavy atom. The zero-order valence-electron chi connectivity index (χ0n) is 10.2. The number of thiazole rings is 1. The zero-order valence-corrected chi connectivity index (χ0v) is 11.0. The first-order chi connectivity index (χ1) is 7.59. The van der Waals surface area contributed by atoms with Gasteiger partial charge in [0.15, 0.2) is 5.13 Å². The van der Waals surface area contributed by atoms with Crippen molar-refractivity contribution in [2.24, 2.45) is 0 Å². The van der Waals surface area contributed by atoms with Gasteiger partial charge in [-0.1, -0.05) is 12.8 Å². The van der Waals surface area contributed by atoms with Gasteiger partial charge in [-0.15, -0.1) is 11.3 Å². The zero-order chi connectivity index (χ0) is 11.7. The second-order valence-corrected chi connectivity index (χ2v) is 5.85. The lowest BCUT2D eigenvalue weighted by atomic mass is 9.92. The largest absolute Gasteiger partial charge is 0.391 e. The Balaban J connectivity index is 2.14. The molecule has 3 nitrogen and oxygen atoms in total. The number of likely N-dealkylation sites (N-methyl/N-ethyl adjacent to an activating group) is 1. The van der Waals surface area contributed by atoms with Gasteiger partial charge in [0, 0.05) is 11.9 Å². The van der Waals surface area contributed by atoms with E-state index in [1.165, 1.54) is 11.3 Å². The maximum Gasteiger partial charge on any atom is 0.185 e. The first-order valence-electron chi connectivity index (χ1n) is 5.94. The van der Waals surface area contributed by atoms with Crippen LogP contribution in [0, 0.1) is 13.8 Å². The number of hydrogen-bond donors (Lipinski definition) is 1. The highest BCUT2D eigenvalue weighted by Crippen LogP contribution is 2.30. The van der Waals surface area contributed by atoms with Crippen molar-refractivity contribution in [1.29, 1.82) is 0 Å². The van der Waals surface area contributed by atoms with Crippen LogP contribution in [0.5, 0.6) is 0 Å². The number of aryl methyl sites for hydroxylation is 2. The molecule has 1 N–H and O–H groups in total. The molecule has 0 radical (unpaired) electrons. The minimum atomic E-state index is -0.191. The first kappa shape index (κ1) is 11.9. The lowest BCUT2D eigenvalue weighted by Gasteiger charge is -2.34. The number of aliphatic hydroxyl groups is 1. The molecule has 16 heavy (non-hydrogen) atoms. The maximum absolute atomic E-state index is 10.0. The molecule has 1 fully saturated rings. The van der Waals surface area contributed by atoms with E-state index in [0.29, 0.717) is 0 Å². The molecule has 90 valence electrons.